The van der Waals surface area contributed by atoms with Gasteiger partial charge < -0.3 is 10.2 Å². The molecule has 0 bridgehead atoms. The molecule has 0 aromatic carbocycles. The van der Waals surface area contributed by atoms with Gasteiger partial charge in [-0.1, -0.05) is 6.42 Å². The fourth-order valence-electron chi connectivity index (χ4n) is 3.70. The molecule has 1 aliphatic heterocycles. The highest BCUT2D eigenvalue weighted by Crippen LogP contribution is 2.33. The molecule has 3 aromatic rings. The van der Waals surface area contributed by atoms with E-state index in [2.05, 4.69) is 34.8 Å². The van der Waals surface area contributed by atoms with E-state index in [1.54, 1.807) is 11.3 Å². The molecule has 0 unspecified atom stereocenters. The van der Waals surface area contributed by atoms with Gasteiger partial charge in [0.2, 0.25) is 0 Å². The Labute approximate surface area is 151 Å². The summed E-state index contributed by atoms with van der Waals surface area (Å²) in [6, 6.07) is 7.21. The number of nitrogen functional groups attached to an aromatic ring is 1. The van der Waals surface area contributed by atoms with Crippen molar-refractivity contribution in [1.82, 2.24) is 14.9 Å². The second-order valence-electron chi connectivity index (χ2n) is 7.08. The van der Waals surface area contributed by atoms with E-state index in [0.717, 1.165) is 22.5 Å². The van der Waals surface area contributed by atoms with Crippen LogP contribution < -0.4 is 5.73 Å². The molecule has 0 amide bonds. The van der Waals surface area contributed by atoms with Gasteiger partial charge in [-0.25, -0.2) is 9.97 Å². The summed E-state index contributed by atoms with van der Waals surface area (Å²) in [6.07, 6.45) is 3.88. The third kappa shape index (κ3) is 3.16. The number of nitrogens with zero attached hydrogens (tertiary/aromatic N) is 3. The zero-order chi connectivity index (χ0) is 17.6. The van der Waals surface area contributed by atoms with Crippen LogP contribution in [0.15, 0.2) is 22.6 Å². The molecule has 4 rings (SSSR count). The number of fused-ring (bicyclic) bond motifs is 1. The van der Waals surface area contributed by atoms with Crippen molar-refractivity contribution in [3.63, 3.8) is 0 Å². The highest BCUT2D eigenvalue weighted by Gasteiger charge is 2.25. The van der Waals surface area contributed by atoms with Crippen LogP contribution in [0, 0.1) is 6.92 Å². The minimum atomic E-state index is 0.524. The van der Waals surface area contributed by atoms with Crippen LogP contribution in [0.3, 0.4) is 0 Å². The lowest BCUT2D eigenvalue weighted by Gasteiger charge is -2.38. The molecule has 1 saturated heterocycles. The Morgan fingerprint density at radius 1 is 1.24 bits per heavy atom. The van der Waals surface area contributed by atoms with Crippen molar-refractivity contribution in [3.8, 4) is 11.6 Å². The summed E-state index contributed by atoms with van der Waals surface area (Å²) in [4.78, 5) is 13.9. The topological polar surface area (TPSA) is 68.2 Å². The van der Waals surface area contributed by atoms with Gasteiger partial charge >= 0.3 is 0 Å². The lowest BCUT2D eigenvalue weighted by atomic mass is 9.97. The predicted octanol–water partition coefficient (Wildman–Crippen LogP) is 4.60. The number of likely N-dealkylation sites (tertiary alicyclic amines) is 1. The minimum Gasteiger partial charge on any atom is -0.458 e. The fraction of sp³-hybridized carbons (Fsp3) is 0.474. The number of aryl methyl sites for hydroxylation is 1. The SMILES string of the molecule is Cc1ccc(-c2nc(N)c3cc(CN4[C@H](C)CCC[C@@H]4C)sc3n2)o1. The largest absolute Gasteiger partial charge is 0.458 e. The van der Waals surface area contributed by atoms with Gasteiger partial charge in [0.05, 0.1) is 5.39 Å². The molecule has 25 heavy (non-hydrogen) atoms. The molecule has 4 heterocycles. The number of anilines is 1. The first kappa shape index (κ1) is 16.5. The maximum Gasteiger partial charge on any atom is 0.199 e. The number of hydrogen-bond acceptors (Lipinski definition) is 6. The monoisotopic (exact) mass is 356 g/mol. The van der Waals surface area contributed by atoms with Gasteiger partial charge in [0, 0.05) is 23.5 Å². The second-order valence-corrected chi connectivity index (χ2v) is 8.19. The molecule has 1 fully saturated rings. The van der Waals surface area contributed by atoms with Crippen molar-refractivity contribution in [2.24, 2.45) is 0 Å². The summed E-state index contributed by atoms with van der Waals surface area (Å²) in [5.41, 5.74) is 6.20. The van der Waals surface area contributed by atoms with E-state index in [1.165, 1.54) is 24.1 Å². The van der Waals surface area contributed by atoms with E-state index in [-0.39, 0.29) is 0 Å². The number of thiophene rings is 1. The van der Waals surface area contributed by atoms with E-state index in [9.17, 15) is 0 Å². The van der Waals surface area contributed by atoms with E-state index >= 15 is 0 Å². The molecule has 2 atom stereocenters. The molecule has 1 aliphatic rings. The predicted molar refractivity (Wildman–Crippen MR) is 103 cm³/mol. The van der Waals surface area contributed by atoms with Gasteiger partial charge in [0.15, 0.2) is 11.6 Å². The van der Waals surface area contributed by atoms with Crippen LogP contribution in [0.1, 0.15) is 43.7 Å². The normalized spacial score (nSPS) is 21.9. The Morgan fingerprint density at radius 2 is 2.00 bits per heavy atom. The minimum absolute atomic E-state index is 0.524. The molecular weight excluding hydrogens is 332 g/mol. The zero-order valence-corrected chi connectivity index (χ0v) is 15.8. The molecule has 0 spiro atoms. The number of piperidine rings is 1. The third-order valence-electron chi connectivity index (χ3n) is 5.15. The number of aromatic nitrogens is 2. The Hall–Kier alpha value is -1.92. The smallest absolute Gasteiger partial charge is 0.199 e. The maximum absolute atomic E-state index is 6.20. The highest BCUT2D eigenvalue weighted by molar-refractivity contribution is 7.18. The lowest BCUT2D eigenvalue weighted by Crippen LogP contribution is -2.42. The number of furan rings is 1. The van der Waals surface area contributed by atoms with Crippen molar-refractivity contribution >= 4 is 27.4 Å². The van der Waals surface area contributed by atoms with Crippen LogP contribution >= 0.6 is 11.3 Å². The second kappa shape index (κ2) is 6.42. The van der Waals surface area contributed by atoms with Crippen molar-refractivity contribution in [1.29, 1.82) is 0 Å². The number of hydrogen-bond donors (Lipinski definition) is 1. The molecule has 132 valence electrons. The molecule has 2 N–H and O–H groups in total. The van der Waals surface area contributed by atoms with E-state index < -0.39 is 0 Å². The maximum atomic E-state index is 6.20. The van der Waals surface area contributed by atoms with Gasteiger partial charge in [0.1, 0.15) is 16.4 Å². The van der Waals surface area contributed by atoms with Crippen molar-refractivity contribution < 1.29 is 4.42 Å². The molecule has 0 saturated carbocycles. The van der Waals surface area contributed by atoms with Crippen LogP contribution in [0.2, 0.25) is 0 Å². The summed E-state index contributed by atoms with van der Waals surface area (Å²) >= 11 is 1.71. The van der Waals surface area contributed by atoms with Crippen LogP contribution in [-0.2, 0) is 6.54 Å². The van der Waals surface area contributed by atoms with Crippen LogP contribution in [-0.4, -0.2) is 27.0 Å². The quantitative estimate of drug-likeness (QED) is 0.742. The third-order valence-corrected chi connectivity index (χ3v) is 6.16. The fourth-order valence-corrected chi connectivity index (χ4v) is 4.75. The Kier molecular flexibility index (Phi) is 4.25. The summed E-state index contributed by atoms with van der Waals surface area (Å²) in [6.45, 7) is 7.52. The van der Waals surface area contributed by atoms with Gasteiger partial charge in [-0.2, -0.15) is 0 Å². The highest BCUT2D eigenvalue weighted by atomic mass is 32.1. The average Bonchev–Trinajstić information content (AvgIpc) is 3.17. The zero-order valence-electron chi connectivity index (χ0n) is 15.0. The molecule has 5 nitrogen and oxygen atoms in total. The molecule has 6 heteroatoms. The van der Waals surface area contributed by atoms with Crippen LogP contribution in [0.5, 0.6) is 0 Å². The van der Waals surface area contributed by atoms with E-state index in [4.69, 9.17) is 10.2 Å². The molecular formula is C19H24N4OS. The van der Waals surface area contributed by atoms with Crippen molar-refractivity contribution in [3.05, 3.63) is 28.8 Å². The van der Waals surface area contributed by atoms with E-state index in [0.29, 0.717) is 29.5 Å². The number of nitrogens with two attached hydrogens (primary N) is 1. The molecule has 0 radical (unpaired) electrons. The van der Waals surface area contributed by atoms with Crippen molar-refractivity contribution in [2.75, 3.05) is 5.73 Å². The van der Waals surface area contributed by atoms with Gasteiger partial charge in [-0.3, -0.25) is 4.90 Å². The number of rotatable bonds is 3. The summed E-state index contributed by atoms with van der Waals surface area (Å²) in [7, 11) is 0. The van der Waals surface area contributed by atoms with Gasteiger partial charge in [-0.05, 0) is 51.8 Å². The summed E-state index contributed by atoms with van der Waals surface area (Å²) in [5, 5.41) is 0.948. The molecule has 0 aliphatic carbocycles. The Morgan fingerprint density at radius 3 is 2.68 bits per heavy atom. The first-order valence-electron chi connectivity index (χ1n) is 8.90. The summed E-state index contributed by atoms with van der Waals surface area (Å²) in [5.74, 6) is 2.60. The summed E-state index contributed by atoms with van der Waals surface area (Å²) < 4.78 is 5.65. The van der Waals surface area contributed by atoms with E-state index in [1.807, 2.05) is 19.1 Å². The first-order chi connectivity index (χ1) is 12.0. The first-order valence-corrected chi connectivity index (χ1v) is 9.71. The lowest BCUT2D eigenvalue weighted by molar-refractivity contribution is 0.0965. The van der Waals surface area contributed by atoms with Crippen LogP contribution in [0.4, 0.5) is 5.82 Å². The standard InChI is InChI=1S/C19H24N4OS/c1-11-5-4-6-12(2)23(11)10-14-9-15-17(20)21-18(22-19(15)25-14)16-8-7-13(3)24-16/h7-9,11-12H,4-6,10H2,1-3H3,(H2,20,21,22)/t11-,12+. The Bertz CT molecular complexity index is 890. The van der Waals surface area contributed by atoms with Gasteiger partial charge in [0.25, 0.3) is 0 Å². The molecule has 3 aromatic heterocycles. The van der Waals surface area contributed by atoms with Crippen LogP contribution in [0.25, 0.3) is 21.8 Å². The average molecular weight is 356 g/mol. The van der Waals surface area contributed by atoms with Crippen molar-refractivity contribution in [2.45, 2.75) is 58.7 Å². The van der Waals surface area contributed by atoms with Gasteiger partial charge in [-0.15, -0.1) is 11.3 Å². The Balaban J connectivity index is 1.67.